The van der Waals surface area contributed by atoms with E-state index in [1.807, 2.05) is 6.07 Å². The first-order valence-electron chi connectivity index (χ1n) is 8.65. The number of aryl methyl sites for hydroxylation is 1. The van der Waals surface area contributed by atoms with Gasteiger partial charge in [0.2, 0.25) is 0 Å². The molecule has 1 aliphatic heterocycles. The number of halogens is 1. The number of ether oxygens (including phenoxy) is 1. The second-order valence-electron chi connectivity index (χ2n) is 6.49. The summed E-state index contributed by atoms with van der Waals surface area (Å²) in [7, 11) is 1.64. The highest BCUT2D eigenvalue weighted by molar-refractivity contribution is 5.70. The van der Waals surface area contributed by atoms with Crippen LogP contribution >= 0.6 is 0 Å². The zero-order valence-electron chi connectivity index (χ0n) is 14.9. The Labute approximate surface area is 155 Å². The quantitative estimate of drug-likeness (QED) is 0.633. The predicted octanol–water partition coefficient (Wildman–Crippen LogP) is 3.98. The normalized spacial score (nSPS) is 15.4. The summed E-state index contributed by atoms with van der Waals surface area (Å²) in [5.41, 5.74) is 0.677. The average Bonchev–Trinajstić information content (AvgIpc) is 2.66. The third-order valence-corrected chi connectivity index (χ3v) is 4.55. The van der Waals surface area contributed by atoms with Gasteiger partial charge in [0.05, 0.1) is 16.7 Å². The van der Waals surface area contributed by atoms with Crippen LogP contribution in [-0.4, -0.2) is 35.6 Å². The first-order chi connectivity index (χ1) is 12.9. The molecule has 1 N–H and O–H groups in total. The second-order valence-corrected chi connectivity index (χ2v) is 6.49. The summed E-state index contributed by atoms with van der Waals surface area (Å²) in [5.74, 6) is -0.150. The number of rotatable bonds is 5. The van der Waals surface area contributed by atoms with Gasteiger partial charge in [-0.25, -0.2) is 9.18 Å². The number of nitro groups is 1. The summed E-state index contributed by atoms with van der Waals surface area (Å²) >= 11 is 0. The number of benzene rings is 2. The van der Waals surface area contributed by atoms with E-state index in [1.165, 1.54) is 11.0 Å². The molecule has 1 unspecified atom stereocenters. The number of non-ortho nitro benzene ring substituents is 1. The molecular weight excluding hydrogens is 353 g/mol. The van der Waals surface area contributed by atoms with Crippen molar-refractivity contribution in [2.75, 3.05) is 18.9 Å². The van der Waals surface area contributed by atoms with Crippen LogP contribution in [0.1, 0.15) is 18.4 Å². The van der Waals surface area contributed by atoms with Crippen molar-refractivity contribution in [2.45, 2.75) is 25.3 Å². The molecule has 1 atom stereocenters. The minimum absolute atomic E-state index is 0.0274. The summed E-state index contributed by atoms with van der Waals surface area (Å²) in [6.45, 7) is 0.438. The number of carbonyl (C=O) groups excluding carboxylic acids is 1. The first-order valence-corrected chi connectivity index (χ1v) is 8.65. The number of nitrogens with one attached hydrogen (secondary N) is 1. The second kappa shape index (κ2) is 8.03. The molecule has 1 amide bonds. The monoisotopic (exact) mass is 373 g/mol. The Kier molecular flexibility index (Phi) is 5.54. The molecule has 1 aliphatic rings. The number of hydrogen-bond acceptors (Lipinski definition) is 5. The molecule has 0 saturated heterocycles. The van der Waals surface area contributed by atoms with E-state index in [-0.39, 0.29) is 11.7 Å². The van der Waals surface area contributed by atoms with E-state index >= 15 is 0 Å². The Hall–Kier alpha value is -3.16. The Balaban J connectivity index is 1.55. The molecule has 142 valence electrons. The molecule has 1 heterocycles. The third kappa shape index (κ3) is 4.52. The van der Waals surface area contributed by atoms with Crippen molar-refractivity contribution >= 4 is 17.5 Å². The van der Waals surface area contributed by atoms with Crippen molar-refractivity contribution in [1.29, 1.82) is 0 Å². The fourth-order valence-electron chi connectivity index (χ4n) is 3.04. The summed E-state index contributed by atoms with van der Waals surface area (Å²) < 4.78 is 19.5. The Morgan fingerprint density at radius 1 is 1.37 bits per heavy atom. The lowest BCUT2D eigenvalue weighted by atomic mass is 9.95. The number of nitrogens with zero attached hydrogens (tertiary/aromatic N) is 2. The van der Waals surface area contributed by atoms with Crippen LogP contribution in [0.2, 0.25) is 0 Å². The average molecular weight is 373 g/mol. The van der Waals surface area contributed by atoms with Gasteiger partial charge in [-0.2, -0.15) is 0 Å². The van der Waals surface area contributed by atoms with E-state index in [0.29, 0.717) is 42.8 Å². The van der Waals surface area contributed by atoms with E-state index in [2.05, 4.69) is 5.32 Å². The highest BCUT2D eigenvalue weighted by Crippen LogP contribution is 2.32. The van der Waals surface area contributed by atoms with E-state index < -0.39 is 16.8 Å². The molecule has 0 saturated carbocycles. The van der Waals surface area contributed by atoms with Gasteiger partial charge >= 0.3 is 6.09 Å². The van der Waals surface area contributed by atoms with Gasteiger partial charge in [0.25, 0.3) is 5.69 Å². The summed E-state index contributed by atoms with van der Waals surface area (Å²) in [6.07, 6.45) is 1.40. The van der Waals surface area contributed by atoms with Crippen LogP contribution in [0, 0.1) is 15.9 Å². The molecule has 8 heteroatoms. The highest BCUT2D eigenvalue weighted by atomic mass is 19.1. The van der Waals surface area contributed by atoms with Crippen molar-refractivity contribution in [3.05, 3.63) is 64.0 Å². The molecule has 2 aromatic rings. The van der Waals surface area contributed by atoms with Gasteiger partial charge in [-0.3, -0.25) is 10.1 Å². The number of carbonyl (C=O) groups is 1. The summed E-state index contributed by atoms with van der Waals surface area (Å²) in [6, 6.07) is 11.1. The van der Waals surface area contributed by atoms with Crippen LogP contribution in [0.15, 0.2) is 42.5 Å². The zero-order valence-corrected chi connectivity index (χ0v) is 14.9. The van der Waals surface area contributed by atoms with E-state index in [1.54, 1.807) is 31.3 Å². The maximum absolute atomic E-state index is 14.2. The molecule has 7 nitrogen and oxygen atoms in total. The Bertz CT molecular complexity index is 844. The minimum atomic E-state index is -0.624. The lowest BCUT2D eigenvalue weighted by Crippen LogP contribution is -2.35. The van der Waals surface area contributed by atoms with Gasteiger partial charge in [0.1, 0.15) is 5.75 Å². The Morgan fingerprint density at radius 3 is 2.81 bits per heavy atom. The number of amides is 1. The summed E-state index contributed by atoms with van der Waals surface area (Å²) in [5, 5.41) is 13.9. The number of nitro benzene ring substituents is 1. The van der Waals surface area contributed by atoms with Gasteiger partial charge in [-0.1, -0.05) is 18.2 Å². The van der Waals surface area contributed by atoms with Gasteiger partial charge in [-0.15, -0.1) is 0 Å². The fourth-order valence-corrected chi connectivity index (χ4v) is 3.04. The molecule has 0 fully saturated rings. The van der Waals surface area contributed by atoms with Gasteiger partial charge in [0, 0.05) is 25.7 Å². The fraction of sp³-hybridized carbons (Fsp3) is 0.316. The van der Waals surface area contributed by atoms with Crippen LogP contribution in [0.3, 0.4) is 0 Å². The Morgan fingerprint density at radius 2 is 2.11 bits per heavy atom. The largest absolute Gasteiger partial charge is 0.414 e. The van der Waals surface area contributed by atoms with Crippen molar-refractivity contribution in [3.63, 3.8) is 0 Å². The highest BCUT2D eigenvalue weighted by Gasteiger charge is 2.24. The smallest absolute Gasteiger partial charge is 0.410 e. The van der Waals surface area contributed by atoms with E-state index in [9.17, 15) is 19.3 Å². The molecular formula is C19H20FN3O4. The molecule has 0 radical (unpaired) electrons. The van der Waals surface area contributed by atoms with Crippen LogP contribution in [0.5, 0.6) is 5.75 Å². The van der Waals surface area contributed by atoms with E-state index in [0.717, 1.165) is 6.07 Å². The number of hydrogen-bond donors (Lipinski definition) is 1. The molecule has 27 heavy (non-hydrogen) atoms. The van der Waals surface area contributed by atoms with Crippen molar-refractivity contribution in [2.24, 2.45) is 0 Å². The summed E-state index contributed by atoms with van der Waals surface area (Å²) in [4.78, 5) is 23.8. The van der Waals surface area contributed by atoms with Crippen LogP contribution < -0.4 is 10.1 Å². The van der Waals surface area contributed by atoms with Crippen molar-refractivity contribution in [1.82, 2.24) is 4.90 Å². The van der Waals surface area contributed by atoms with E-state index in [4.69, 9.17) is 4.74 Å². The first kappa shape index (κ1) is 18.6. The number of fused-ring (bicyclic) bond motifs is 1. The maximum Gasteiger partial charge on any atom is 0.414 e. The molecule has 0 bridgehead atoms. The van der Waals surface area contributed by atoms with Gasteiger partial charge < -0.3 is 15.0 Å². The molecule has 0 spiro atoms. The molecule has 0 aromatic heterocycles. The van der Waals surface area contributed by atoms with Crippen molar-refractivity contribution in [3.8, 4) is 5.75 Å². The molecule has 0 aliphatic carbocycles. The van der Waals surface area contributed by atoms with Crippen LogP contribution in [-0.2, 0) is 6.42 Å². The number of anilines is 1. The van der Waals surface area contributed by atoms with Gasteiger partial charge in [-0.05, 0) is 37.0 Å². The third-order valence-electron chi connectivity index (χ3n) is 4.55. The lowest BCUT2D eigenvalue weighted by Gasteiger charge is -2.28. The number of para-hydroxylation sites is 1. The topological polar surface area (TPSA) is 84.7 Å². The SMILES string of the molecule is CN(CCC1CCc2cc([N+](=O)[O-])cc(F)c2N1)C(=O)Oc1ccccc1. The minimum Gasteiger partial charge on any atom is -0.410 e. The van der Waals surface area contributed by atoms with Crippen LogP contribution in [0.4, 0.5) is 20.6 Å². The molecule has 3 rings (SSSR count). The standard InChI is InChI=1S/C19H20FN3O4/c1-22(19(24)27-16-5-3-2-4-6-16)10-9-14-8-7-13-11-15(23(25)26)12-17(20)18(13)21-14/h2-6,11-12,14,21H,7-10H2,1H3. The molecule has 2 aromatic carbocycles. The zero-order chi connectivity index (χ0) is 19.4. The van der Waals surface area contributed by atoms with Crippen LogP contribution in [0.25, 0.3) is 0 Å². The predicted molar refractivity (Wildman–Crippen MR) is 98.5 cm³/mol. The van der Waals surface area contributed by atoms with Crippen molar-refractivity contribution < 1.29 is 18.8 Å². The van der Waals surface area contributed by atoms with Gasteiger partial charge in [0.15, 0.2) is 5.82 Å². The lowest BCUT2D eigenvalue weighted by molar-refractivity contribution is -0.385. The maximum atomic E-state index is 14.2.